The summed E-state index contributed by atoms with van der Waals surface area (Å²) >= 11 is 3.45. The smallest absolute Gasteiger partial charge is 0.0797 e. The summed E-state index contributed by atoms with van der Waals surface area (Å²) in [6, 6.07) is 17.2. The molecule has 0 aliphatic rings. The maximum Gasteiger partial charge on any atom is 0.0797 e. The van der Waals surface area contributed by atoms with Crippen molar-refractivity contribution in [2.75, 3.05) is 6.26 Å². The fraction of sp³-hybridized carbons (Fsp3) is 0.0625. The van der Waals surface area contributed by atoms with E-state index in [1.54, 1.807) is 23.1 Å². The lowest BCUT2D eigenvalue weighted by Crippen LogP contribution is -1.84. The number of rotatable bonds is 3. The number of benzene rings is 2. The van der Waals surface area contributed by atoms with E-state index < -0.39 is 0 Å². The summed E-state index contributed by atoms with van der Waals surface area (Å²) in [6.45, 7) is 0. The van der Waals surface area contributed by atoms with Gasteiger partial charge in [-0.25, -0.2) is 0 Å². The van der Waals surface area contributed by atoms with Crippen LogP contribution in [0.1, 0.15) is 0 Å². The van der Waals surface area contributed by atoms with E-state index in [-0.39, 0.29) is 0 Å². The van der Waals surface area contributed by atoms with E-state index in [2.05, 4.69) is 53.7 Å². The summed E-state index contributed by atoms with van der Waals surface area (Å²) < 4.78 is 0. The number of thiazole rings is 1. The molecule has 0 amide bonds. The van der Waals surface area contributed by atoms with Crippen molar-refractivity contribution in [3.63, 3.8) is 0 Å². The number of nitrogens with zero attached hydrogens (tertiary/aromatic N) is 1. The third-order valence-electron chi connectivity index (χ3n) is 3.01. The van der Waals surface area contributed by atoms with Gasteiger partial charge in [-0.2, -0.15) is 0 Å². The summed E-state index contributed by atoms with van der Waals surface area (Å²) in [5.41, 5.74) is 5.66. The molecule has 0 aliphatic heterocycles. The molecule has 0 bridgehead atoms. The van der Waals surface area contributed by atoms with Crippen LogP contribution in [0.25, 0.3) is 21.6 Å². The quantitative estimate of drug-likeness (QED) is 0.613. The third kappa shape index (κ3) is 2.57. The Morgan fingerprint density at radius 2 is 1.84 bits per heavy atom. The highest BCUT2D eigenvalue weighted by Gasteiger charge is 2.09. The molecule has 0 atom stereocenters. The van der Waals surface area contributed by atoms with Crippen molar-refractivity contribution in [1.29, 1.82) is 0 Å². The van der Waals surface area contributed by atoms with Gasteiger partial charge in [0.1, 0.15) is 0 Å². The van der Waals surface area contributed by atoms with Crippen molar-refractivity contribution in [2.24, 2.45) is 0 Å². The van der Waals surface area contributed by atoms with E-state index in [4.69, 9.17) is 0 Å². The minimum absolute atomic E-state index is 1.21. The standard InChI is InChI=1S/C16H13NS2/c1-18-13-7-8-14(16-10-17-11-19-16)15(9-13)12-5-3-2-4-6-12/h2-11H,1H3. The Kier molecular flexibility index (Phi) is 3.67. The lowest BCUT2D eigenvalue weighted by atomic mass is 9.99. The molecule has 1 heterocycles. The Labute approximate surface area is 121 Å². The van der Waals surface area contributed by atoms with Gasteiger partial charge in [-0.3, -0.25) is 4.98 Å². The second kappa shape index (κ2) is 5.59. The highest BCUT2D eigenvalue weighted by Crippen LogP contribution is 2.36. The number of hydrogen-bond acceptors (Lipinski definition) is 3. The molecule has 1 nitrogen and oxygen atoms in total. The van der Waals surface area contributed by atoms with Crippen molar-refractivity contribution in [3.8, 4) is 21.6 Å². The molecule has 94 valence electrons. The first-order valence-corrected chi connectivity index (χ1v) is 8.11. The van der Waals surface area contributed by atoms with Crippen molar-refractivity contribution < 1.29 is 0 Å². The topological polar surface area (TPSA) is 12.9 Å². The number of aromatic nitrogens is 1. The average Bonchev–Trinajstić information content (AvgIpc) is 3.01. The molecule has 0 fully saturated rings. The van der Waals surface area contributed by atoms with Crippen LogP contribution in [-0.2, 0) is 0 Å². The first-order chi connectivity index (χ1) is 9.38. The summed E-state index contributed by atoms with van der Waals surface area (Å²) in [6.07, 6.45) is 4.04. The minimum atomic E-state index is 1.21. The molecule has 3 heteroatoms. The van der Waals surface area contributed by atoms with Crippen LogP contribution in [0.4, 0.5) is 0 Å². The molecular weight excluding hydrogens is 270 g/mol. The molecular formula is C16H13NS2. The van der Waals surface area contributed by atoms with E-state index >= 15 is 0 Å². The molecule has 0 aliphatic carbocycles. The monoisotopic (exact) mass is 283 g/mol. The third-order valence-corrected chi connectivity index (χ3v) is 4.54. The predicted octanol–water partition coefficient (Wildman–Crippen LogP) is 5.20. The van der Waals surface area contributed by atoms with Gasteiger partial charge >= 0.3 is 0 Å². The Hall–Kier alpha value is -1.58. The first kappa shape index (κ1) is 12.5. The second-order valence-corrected chi connectivity index (χ2v) is 5.91. The van der Waals surface area contributed by atoms with Crippen LogP contribution in [0.15, 0.2) is 65.1 Å². The summed E-state index contributed by atoms with van der Waals surface area (Å²) in [5.74, 6) is 0. The highest BCUT2D eigenvalue weighted by atomic mass is 32.2. The molecule has 19 heavy (non-hydrogen) atoms. The first-order valence-electron chi connectivity index (χ1n) is 6.01. The van der Waals surface area contributed by atoms with Crippen LogP contribution >= 0.6 is 23.1 Å². The van der Waals surface area contributed by atoms with E-state index in [9.17, 15) is 0 Å². The summed E-state index contributed by atoms with van der Waals surface area (Å²) in [7, 11) is 0. The second-order valence-electron chi connectivity index (χ2n) is 4.14. The van der Waals surface area contributed by atoms with Gasteiger partial charge < -0.3 is 0 Å². The SMILES string of the molecule is CSc1ccc(-c2cncs2)c(-c2ccccc2)c1. The average molecular weight is 283 g/mol. The minimum Gasteiger partial charge on any atom is -0.252 e. The zero-order valence-corrected chi connectivity index (χ0v) is 12.2. The summed E-state index contributed by atoms with van der Waals surface area (Å²) in [5, 5.41) is 0. The molecule has 0 saturated carbocycles. The van der Waals surface area contributed by atoms with Crippen LogP contribution in [-0.4, -0.2) is 11.2 Å². The van der Waals surface area contributed by atoms with Gasteiger partial charge in [0.15, 0.2) is 0 Å². The van der Waals surface area contributed by atoms with Crippen molar-refractivity contribution in [3.05, 3.63) is 60.2 Å². The lowest BCUT2D eigenvalue weighted by Gasteiger charge is -2.10. The molecule has 0 unspecified atom stereocenters. The Morgan fingerprint density at radius 1 is 1.00 bits per heavy atom. The van der Waals surface area contributed by atoms with Crippen LogP contribution in [0.3, 0.4) is 0 Å². The van der Waals surface area contributed by atoms with Gasteiger partial charge in [0.25, 0.3) is 0 Å². The fourth-order valence-corrected chi connectivity index (χ4v) is 3.17. The predicted molar refractivity (Wildman–Crippen MR) is 84.8 cm³/mol. The van der Waals surface area contributed by atoms with Gasteiger partial charge in [-0.15, -0.1) is 23.1 Å². The Bertz CT molecular complexity index is 660. The van der Waals surface area contributed by atoms with Gasteiger partial charge in [0, 0.05) is 16.7 Å². The molecule has 0 spiro atoms. The van der Waals surface area contributed by atoms with Crippen LogP contribution in [0.2, 0.25) is 0 Å². The zero-order chi connectivity index (χ0) is 13.1. The molecule has 3 rings (SSSR count). The van der Waals surface area contributed by atoms with E-state index in [1.807, 2.05) is 17.8 Å². The van der Waals surface area contributed by atoms with Gasteiger partial charge in [0.2, 0.25) is 0 Å². The van der Waals surface area contributed by atoms with Gasteiger partial charge in [-0.05, 0) is 29.5 Å². The zero-order valence-electron chi connectivity index (χ0n) is 10.5. The summed E-state index contributed by atoms with van der Waals surface area (Å²) in [4.78, 5) is 6.69. The highest BCUT2D eigenvalue weighted by molar-refractivity contribution is 7.98. The van der Waals surface area contributed by atoms with E-state index in [0.29, 0.717) is 0 Å². The molecule has 2 aromatic carbocycles. The molecule has 3 aromatic rings. The van der Waals surface area contributed by atoms with Crippen molar-refractivity contribution in [1.82, 2.24) is 4.98 Å². The normalized spacial score (nSPS) is 10.6. The van der Waals surface area contributed by atoms with Crippen LogP contribution in [0, 0.1) is 0 Å². The van der Waals surface area contributed by atoms with E-state index in [1.165, 1.54) is 26.5 Å². The van der Waals surface area contributed by atoms with Crippen molar-refractivity contribution in [2.45, 2.75) is 4.90 Å². The maximum absolute atomic E-state index is 4.19. The number of thioether (sulfide) groups is 1. The van der Waals surface area contributed by atoms with Crippen LogP contribution in [0.5, 0.6) is 0 Å². The Morgan fingerprint density at radius 3 is 2.53 bits per heavy atom. The Balaban J connectivity index is 2.20. The molecule has 1 aromatic heterocycles. The van der Waals surface area contributed by atoms with Crippen LogP contribution < -0.4 is 0 Å². The van der Waals surface area contributed by atoms with Crippen molar-refractivity contribution >= 4 is 23.1 Å². The maximum atomic E-state index is 4.19. The van der Waals surface area contributed by atoms with Gasteiger partial charge in [0.05, 0.1) is 10.4 Å². The lowest BCUT2D eigenvalue weighted by molar-refractivity contribution is 1.41. The molecule has 0 saturated heterocycles. The fourth-order valence-electron chi connectivity index (χ4n) is 2.07. The van der Waals surface area contributed by atoms with E-state index in [0.717, 1.165) is 0 Å². The molecule has 0 N–H and O–H groups in total. The van der Waals surface area contributed by atoms with Gasteiger partial charge in [-0.1, -0.05) is 36.4 Å². The number of hydrogen-bond donors (Lipinski definition) is 0. The largest absolute Gasteiger partial charge is 0.252 e. The molecule has 0 radical (unpaired) electrons.